The van der Waals surface area contributed by atoms with E-state index in [4.69, 9.17) is 0 Å². The molecule has 2 aliphatic rings. The summed E-state index contributed by atoms with van der Waals surface area (Å²) >= 11 is 1.47. The number of carbonyl (C=O) groups excluding carboxylic acids is 1. The van der Waals surface area contributed by atoms with Gasteiger partial charge in [-0.05, 0) is 39.0 Å². The van der Waals surface area contributed by atoms with Gasteiger partial charge in [0.1, 0.15) is 4.88 Å². The Hall–Kier alpha value is -0.940. The number of carbonyl (C=O) groups is 1. The van der Waals surface area contributed by atoms with E-state index in [1.165, 1.54) is 24.2 Å². The van der Waals surface area contributed by atoms with Gasteiger partial charge in [-0.15, -0.1) is 11.3 Å². The summed E-state index contributed by atoms with van der Waals surface area (Å²) in [7, 11) is 0. The zero-order valence-corrected chi connectivity index (χ0v) is 12.0. The van der Waals surface area contributed by atoms with Crippen molar-refractivity contribution in [1.29, 1.82) is 0 Å². The van der Waals surface area contributed by atoms with Gasteiger partial charge in [0.25, 0.3) is 5.91 Å². The van der Waals surface area contributed by atoms with Crippen molar-refractivity contribution in [3.8, 4) is 0 Å². The van der Waals surface area contributed by atoms with Crippen molar-refractivity contribution >= 4 is 17.2 Å². The Morgan fingerprint density at radius 3 is 3.05 bits per heavy atom. The number of rotatable bonds is 4. The molecule has 104 valence electrons. The fourth-order valence-corrected chi connectivity index (χ4v) is 3.76. The summed E-state index contributed by atoms with van der Waals surface area (Å²) in [5.74, 6) is 0.649. The molecular formula is C14H20N2O2S. The maximum absolute atomic E-state index is 12.7. The first kappa shape index (κ1) is 13.1. The van der Waals surface area contributed by atoms with Crippen molar-refractivity contribution in [3.63, 3.8) is 0 Å². The average Bonchev–Trinajstić information content (AvgIpc) is 2.92. The second-order valence-corrected chi connectivity index (χ2v) is 6.58. The third kappa shape index (κ3) is 2.67. The van der Waals surface area contributed by atoms with Gasteiger partial charge in [-0.3, -0.25) is 4.79 Å². The zero-order valence-electron chi connectivity index (χ0n) is 11.2. The van der Waals surface area contributed by atoms with Crippen LogP contribution in [-0.4, -0.2) is 39.6 Å². The summed E-state index contributed by atoms with van der Waals surface area (Å²) in [6, 6.07) is 0.196. The molecule has 1 saturated carbocycles. The minimum atomic E-state index is -0.345. The van der Waals surface area contributed by atoms with E-state index in [0.717, 1.165) is 30.0 Å². The second kappa shape index (κ2) is 5.21. The van der Waals surface area contributed by atoms with Gasteiger partial charge >= 0.3 is 0 Å². The summed E-state index contributed by atoms with van der Waals surface area (Å²) in [6.45, 7) is 2.61. The molecule has 1 aromatic heterocycles. The molecular weight excluding hydrogens is 260 g/mol. The van der Waals surface area contributed by atoms with E-state index >= 15 is 0 Å². The third-order valence-electron chi connectivity index (χ3n) is 4.00. The lowest BCUT2D eigenvalue weighted by Gasteiger charge is -2.25. The summed E-state index contributed by atoms with van der Waals surface area (Å²) in [5, 5.41) is 9.55. The molecule has 19 heavy (non-hydrogen) atoms. The van der Waals surface area contributed by atoms with Crippen molar-refractivity contribution in [1.82, 2.24) is 9.88 Å². The molecule has 4 nitrogen and oxygen atoms in total. The number of amides is 1. The number of aromatic nitrogens is 1. The number of hydrogen-bond acceptors (Lipinski definition) is 4. The maximum Gasteiger partial charge on any atom is 0.266 e. The molecule has 1 N–H and O–H groups in total. The normalized spacial score (nSPS) is 24.7. The molecule has 1 amide bonds. The van der Waals surface area contributed by atoms with Crippen LogP contribution in [0, 0.1) is 0 Å². The molecule has 0 radical (unpaired) electrons. The lowest BCUT2D eigenvalue weighted by atomic mass is 10.1. The van der Waals surface area contributed by atoms with Gasteiger partial charge in [0, 0.05) is 18.5 Å². The highest BCUT2D eigenvalue weighted by atomic mass is 32.1. The number of nitrogens with zero attached hydrogens (tertiary/aromatic N) is 2. The molecule has 0 spiro atoms. The molecule has 1 aromatic rings. The molecule has 1 aliphatic carbocycles. The van der Waals surface area contributed by atoms with E-state index in [9.17, 15) is 9.90 Å². The average molecular weight is 280 g/mol. The summed E-state index contributed by atoms with van der Waals surface area (Å²) < 4.78 is 0. The molecule has 1 aliphatic heterocycles. The van der Waals surface area contributed by atoms with E-state index in [-0.39, 0.29) is 18.1 Å². The molecule has 1 saturated heterocycles. The molecule has 5 heteroatoms. The molecule has 3 rings (SSSR count). The Bertz CT molecular complexity index is 468. The Kier molecular flexibility index (Phi) is 3.58. The van der Waals surface area contributed by atoms with Gasteiger partial charge in [-0.1, -0.05) is 0 Å². The summed E-state index contributed by atoms with van der Waals surface area (Å²) in [5.41, 5.74) is 2.80. The van der Waals surface area contributed by atoms with Crippen LogP contribution in [-0.2, 0) is 0 Å². The van der Waals surface area contributed by atoms with Crippen LogP contribution in [0.15, 0.2) is 5.51 Å². The lowest BCUT2D eigenvalue weighted by molar-refractivity contribution is 0.0685. The van der Waals surface area contributed by atoms with Crippen LogP contribution in [0.5, 0.6) is 0 Å². The Labute approximate surface area is 117 Å². The van der Waals surface area contributed by atoms with Crippen LogP contribution in [0.1, 0.15) is 60.3 Å². The largest absolute Gasteiger partial charge is 0.393 e. The number of likely N-dealkylation sites (tertiary alicyclic amines) is 1. The van der Waals surface area contributed by atoms with Gasteiger partial charge < -0.3 is 10.0 Å². The predicted octanol–water partition coefficient (Wildman–Crippen LogP) is 2.40. The first-order valence-corrected chi connectivity index (χ1v) is 7.97. The smallest absolute Gasteiger partial charge is 0.266 e. The van der Waals surface area contributed by atoms with Crippen LogP contribution >= 0.6 is 11.3 Å². The van der Waals surface area contributed by atoms with E-state index < -0.39 is 0 Å². The van der Waals surface area contributed by atoms with E-state index in [0.29, 0.717) is 12.3 Å². The van der Waals surface area contributed by atoms with Crippen molar-refractivity contribution in [2.75, 3.05) is 6.54 Å². The molecule has 2 unspecified atom stereocenters. The van der Waals surface area contributed by atoms with Crippen LogP contribution in [0.25, 0.3) is 0 Å². The summed E-state index contributed by atoms with van der Waals surface area (Å²) in [4.78, 5) is 19.8. The molecule has 0 bridgehead atoms. The van der Waals surface area contributed by atoms with Crippen LogP contribution in [0.3, 0.4) is 0 Å². The minimum Gasteiger partial charge on any atom is -0.393 e. The van der Waals surface area contributed by atoms with Crippen LogP contribution in [0.4, 0.5) is 0 Å². The molecule has 2 fully saturated rings. The molecule has 0 aromatic carbocycles. The number of hydrogen-bond donors (Lipinski definition) is 1. The Morgan fingerprint density at radius 1 is 1.58 bits per heavy atom. The highest BCUT2D eigenvalue weighted by Crippen LogP contribution is 2.42. The van der Waals surface area contributed by atoms with E-state index in [1.54, 1.807) is 12.4 Å². The lowest BCUT2D eigenvalue weighted by Crippen LogP contribution is -2.37. The quantitative estimate of drug-likeness (QED) is 0.921. The predicted molar refractivity (Wildman–Crippen MR) is 74.4 cm³/mol. The van der Waals surface area contributed by atoms with Gasteiger partial charge in [-0.25, -0.2) is 4.98 Å². The zero-order chi connectivity index (χ0) is 13.4. The van der Waals surface area contributed by atoms with Gasteiger partial charge in [-0.2, -0.15) is 0 Å². The first-order valence-electron chi connectivity index (χ1n) is 7.09. The first-order chi connectivity index (χ1) is 9.16. The maximum atomic E-state index is 12.7. The molecule has 2 atom stereocenters. The van der Waals surface area contributed by atoms with Crippen LogP contribution in [0.2, 0.25) is 0 Å². The number of aliphatic hydroxyl groups excluding tert-OH is 1. The van der Waals surface area contributed by atoms with Crippen molar-refractivity contribution in [2.45, 2.75) is 57.1 Å². The fourth-order valence-electron chi connectivity index (χ4n) is 2.93. The van der Waals surface area contributed by atoms with E-state index in [1.807, 2.05) is 4.90 Å². The SMILES string of the molecule is CC(O)CC1CCCN1C(=O)c1scnc1C1CC1. The topological polar surface area (TPSA) is 53.4 Å². The Balaban J connectivity index is 1.76. The van der Waals surface area contributed by atoms with Crippen molar-refractivity contribution in [3.05, 3.63) is 16.1 Å². The van der Waals surface area contributed by atoms with Crippen LogP contribution < -0.4 is 0 Å². The van der Waals surface area contributed by atoms with Crippen molar-refractivity contribution < 1.29 is 9.90 Å². The fraction of sp³-hybridized carbons (Fsp3) is 0.714. The van der Waals surface area contributed by atoms with Crippen molar-refractivity contribution in [2.24, 2.45) is 0 Å². The van der Waals surface area contributed by atoms with Gasteiger partial charge in [0.2, 0.25) is 0 Å². The highest BCUT2D eigenvalue weighted by molar-refractivity contribution is 7.11. The van der Waals surface area contributed by atoms with E-state index in [2.05, 4.69) is 4.98 Å². The number of thiazole rings is 1. The highest BCUT2D eigenvalue weighted by Gasteiger charge is 2.35. The third-order valence-corrected chi connectivity index (χ3v) is 4.83. The monoisotopic (exact) mass is 280 g/mol. The minimum absolute atomic E-state index is 0.132. The second-order valence-electron chi connectivity index (χ2n) is 5.72. The van der Waals surface area contributed by atoms with Gasteiger partial charge in [0.05, 0.1) is 17.3 Å². The molecule has 2 heterocycles. The standard InChI is InChI=1S/C14H20N2O2S/c1-9(17)7-11-3-2-6-16(11)14(18)13-12(10-4-5-10)15-8-19-13/h8-11,17H,2-7H2,1H3. The van der Waals surface area contributed by atoms with Gasteiger partial charge in [0.15, 0.2) is 0 Å². The Morgan fingerprint density at radius 2 is 2.37 bits per heavy atom. The number of aliphatic hydroxyl groups is 1. The summed E-state index contributed by atoms with van der Waals surface area (Å²) in [6.07, 6.45) is 4.73.